The minimum absolute atomic E-state index is 0.221. The Morgan fingerprint density at radius 2 is 0.667 bits per heavy atom. The number of hydrogen-bond acceptors (Lipinski definition) is 6. The van der Waals surface area contributed by atoms with Crippen molar-refractivity contribution < 1.29 is 37.9 Å². The van der Waals surface area contributed by atoms with E-state index < -0.39 is 32.5 Å². The molecule has 322 valence electrons. The minimum atomic E-state index is -4.75. The molecule has 0 aromatic heterocycles. The van der Waals surface area contributed by atoms with Crippen molar-refractivity contribution in [3.05, 3.63) is 0 Å². The molecule has 0 rings (SSSR count). The Balaban J connectivity index is 3.76. The lowest BCUT2D eigenvalue weighted by Gasteiger charge is -2.18. The fraction of sp³-hybridized carbons (Fsp3) is 0.956. The highest BCUT2D eigenvalue weighted by Crippen LogP contribution is 2.36. The zero-order valence-electron chi connectivity index (χ0n) is 35.7. The molecule has 0 aliphatic carbocycles. The first-order valence-corrected chi connectivity index (χ1v) is 24.9. The van der Waals surface area contributed by atoms with Gasteiger partial charge in [0.15, 0.2) is 6.10 Å². The maximum absolute atomic E-state index is 12.4. The molecule has 0 bridgehead atoms. The van der Waals surface area contributed by atoms with Crippen molar-refractivity contribution >= 4 is 19.8 Å². The first-order valence-electron chi connectivity index (χ1n) is 23.3. The second kappa shape index (κ2) is 41.7. The highest BCUT2D eigenvalue weighted by Gasteiger charge is 2.23. The zero-order valence-corrected chi connectivity index (χ0v) is 36.5. The minimum Gasteiger partial charge on any atom is -0.462 e. The fourth-order valence-electron chi connectivity index (χ4n) is 7.14. The Bertz CT molecular complexity index is 848. The molecule has 0 fully saturated rings. The highest BCUT2D eigenvalue weighted by atomic mass is 31.2. The Morgan fingerprint density at radius 1 is 0.407 bits per heavy atom. The maximum atomic E-state index is 12.4. The van der Waals surface area contributed by atoms with Crippen LogP contribution in [-0.2, 0) is 28.2 Å². The summed E-state index contributed by atoms with van der Waals surface area (Å²) in [6.45, 7) is 3.73. The molecular weight excluding hydrogens is 699 g/mol. The van der Waals surface area contributed by atoms with E-state index in [4.69, 9.17) is 19.3 Å². The molecule has 0 aliphatic rings. The number of ether oxygens (including phenoxy) is 2. The summed E-state index contributed by atoms with van der Waals surface area (Å²) < 4.78 is 26.4. The first-order chi connectivity index (χ1) is 26.3. The van der Waals surface area contributed by atoms with Crippen LogP contribution in [-0.4, -0.2) is 41.0 Å². The SMILES string of the molecule is CCCCCCCCCCCCCCCCCCCCCCCCCC(=O)OC(COC(=O)CCCCCCCCCCCCCCC)COP(=O)(O)O. The van der Waals surface area contributed by atoms with Gasteiger partial charge in [0.1, 0.15) is 6.61 Å². The summed E-state index contributed by atoms with van der Waals surface area (Å²) in [6.07, 6.45) is 45.5. The molecule has 2 N–H and O–H groups in total. The summed E-state index contributed by atoms with van der Waals surface area (Å²) in [6, 6.07) is 0. The number of unbranched alkanes of at least 4 members (excludes halogenated alkanes) is 34. The summed E-state index contributed by atoms with van der Waals surface area (Å²) in [5.41, 5.74) is 0. The third kappa shape index (κ3) is 43.8. The van der Waals surface area contributed by atoms with E-state index in [-0.39, 0.29) is 19.4 Å². The first kappa shape index (κ1) is 53.0. The smallest absolute Gasteiger partial charge is 0.462 e. The van der Waals surface area contributed by atoms with Gasteiger partial charge in [-0.25, -0.2) is 4.57 Å². The van der Waals surface area contributed by atoms with Crippen LogP contribution in [0, 0.1) is 0 Å². The topological polar surface area (TPSA) is 119 Å². The summed E-state index contributed by atoms with van der Waals surface area (Å²) in [5.74, 6) is -0.865. The van der Waals surface area contributed by atoms with Gasteiger partial charge < -0.3 is 19.3 Å². The van der Waals surface area contributed by atoms with Crippen LogP contribution < -0.4 is 0 Å². The molecule has 0 spiro atoms. The largest absolute Gasteiger partial charge is 0.469 e. The monoisotopic (exact) mass is 789 g/mol. The van der Waals surface area contributed by atoms with E-state index in [9.17, 15) is 14.2 Å². The number of esters is 2. The molecule has 8 nitrogen and oxygen atoms in total. The standard InChI is InChI=1S/C45H89O8P/c1-3-5-7-9-11-13-15-17-18-19-20-21-22-23-24-25-26-28-30-32-34-36-38-40-45(47)53-43(42-52-54(48,49)50)41-51-44(46)39-37-35-33-31-29-27-16-14-12-10-8-6-4-2/h43H,3-42H2,1-2H3,(H2,48,49,50). The van der Waals surface area contributed by atoms with Gasteiger partial charge in [0.2, 0.25) is 0 Å². The van der Waals surface area contributed by atoms with Crippen LogP contribution in [0.2, 0.25) is 0 Å². The molecule has 0 saturated carbocycles. The summed E-state index contributed by atoms with van der Waals surface area (Å²) in [5, 5.41) is 0. The van der Waals surface area contributed by atoms with E-state index in [0.29, 0.717) is 6.42 Å². The molecule has 0 aromatic carbocycles. The molecule has 0 radical (unpaired) electrons. The van der Waals surface area contributed by atoms with Gasteiger partial charge in [-0.15, -0.1) is 0 Å². The number of carbonyl (C=O) groups excluding carboxylic acids is 2. The molecule has 0 aliphatic heterocycles. The van der Waals surface area contributed by atoms with E-state index >= 15 is 0 Å². The number of phosphoric ester groups is 1. The van der Waals surface area contributed by atoms with E-state index in [1.807, 2.05) is 0 Å². The third-order valence-electron chi connectivity index (χ3n) is 10.6. The molecule has 0 aromatic rings. The molecule has 0 heterocycles. The van der Waals surface area contributed by atoms with Gasteiger partial charge in [-0.2, -0.15) is 0 Å². The van der Waals surface area contributed by atoms with Crippen molar-refractivity contribution in [2.75, 3.05) is 13.2 Å². The molecule has 1 atom stereocenters. The Hall–Kier alpha value is -0.950. The molecule has 1 unspecified atom stereocenters. The third-order valence-corrected chi connectivity index (χ3v) is 11.1. The molecule has 54 heavy (non-hydrogen) atoms. The lowest BCUT2D eigenvalue weighted by atomic mass is 10.0. The van der Waals surface area contributed by atoms with Gasteiger partial charge in [0.25, 0.3) is 0 Å². The number of phosphoric acid groups is 1. The van der Waals surface area contributed by atoms with E-state index in [2.05, 4.69) is 18.4 Å². The van der Waals surface area contributed by atoms with Crippen molar-refractivity contribution in [1.29, 1.82) is 0 Å². The van der Waals surface area contributed by atoms with E-state index in [0.717, 1.165) is 32.1 Å². The van der Waals surface area contributed by atoms with Gasteiger partial charge >= 0.3 is 19.8 Å². The fourth-order valence-corrected chi connectivity index (χ4v) is 7.50. The number of rotatable bonds is 44. The summed E-state index contributed by atoms with van der Waals surface area (Å²) in [7, 11) is -4.75. The van der Waals surface area contributed by atoms with Crippen molar-refractivity contribution in [2.45, 2.75) is 264 Å². The number of carbonyl (C=O) groups is 2. The van der Waals surface area contributed by atoms with E-state index in [1.54, 1.807) is 0 Å². The second-order valence-corrected chi connectivity index (χ2v) is 17.3. The lowest BCUT2D eigenvalue weighted by molar-refractivity contribution is -0.161. The van der Waals surface area contributed by atoms with Crippen LogP contribution >= 0.6 is 7.82 Å². The van der Waals surface area contributed by atoms with Gasteiger partial charge in [0, 0.05) is 12.8 Å². The predicted octanol–water partition coefficient (Wildman–Crippen LogP) is 14.4. The molecule has 0 amide bonds. The summed E-state index contributed by atoms with van der Waals surface area (Å²) >= 11 is 0. The van der Waals surface area contributed by atoms with Crippen LogP contribution in [0.25, 0.3) is 0 Å². The Morgan fingerprint density at radius 3 is 0.944 bits per heavy atom. The predicted molar refractivity (Wildman–Crippen MR) is 226 cm³/mol. The van der Waals surface area contributed by atoms with Gasteiger partial charge in [-0.1, -0.05) is 232 Å². The van der Waals surface area contributed by atoms with Gasteiger partial charge in [0.05, 0.1) is 6.61 Å². The Kier molecular flexibility index (Phi) is 40.9. The zero-order chi connectivity index (χ0) is 39.6. The van der Waals surface area contributed by atoms with Crippen LogP contribution in [0.15, 0.2) is 0 Å². The van der Waals surface area contributed by atoms with Gasteiger partial charge in [-0.3, -0.25) is 14.1 Å². The second-order valence-electron chi connectivity index (χ2n) is 16.1. The quantitative estimate of drug-likeness (QED) is 0.0356. The van der Waals surface area contributed by atoms with Crippen LogP contribution in [0.1, 0.15) is 258 Å². The van der Waals surface area contributed by atoms with Crippen molar-refractivity contribution in [3.8, 4) is 0 Å². The van der Waals surface area contributed by atoms with Crippen LogP contribution in [0.4, 0.5) is 0 Å². The van der Waals surface area contributed by atoms with Crippen molar-refractivity contribution in [3.63, 3.8) is 0 Å². The van der Waals surface area contributed by atoms with E-state index in [1.165, 1.54) is 193 Å². The highest BCUT2D eigenvalue weighted by molar-refractivity contribution is 7.46. The van der Waals surface area contributed by atoms with Crippen LogP contribution in [0.3, 0.4) is 0 Å². The molecule has 9 heteroatoms. The number of hydrogen-bond donors (Lipinski definition) is 2. The summed E-state index contributed by atoms with van der Waals surface area (Å²) in [4.78, 5) is 42.9. The average Bonchev–Trinajstić information content (AvgIpc) is 3.14. The molecular formula is C45H89O8P. The van der Waals surface area contributed by atoms with Crippen LogP contribution in [0.5, 0.6) is 0 Å². The normalized spacial score (nSPS) is 12.3. The maximum Gasteiger partial charge on any atom is 0.469 e. The van der Waals surface area contributed by atoms with Gasteiger partial charge in [-0.05, 0) is 12.8 Å². The average molecular weight is 789 g/mol. The lowest BCUT2D eigenvalue weighted by Crippen LogP contribution is -2.29. The van der Waals surface area contributed by atoms with Crippen molar-refractivity contribution in [2.24, 2.45) is 0 Å². The Labute approximate surface area is 334 Å². The van der Waals surface area contributed by atoms with Crippen molar-refractivity contribution in [1.82, 2.24) is 0 Å². The molecule has 0 saturated heterocycles.